The lowest BCUT2D eigenvalue weighted by Crippen LogP contribution is -2.51. The van der Waals surface area contributed by atoms with Crippen LogP contribution in [0.15, 0.2) is 42.5 Å². The summed E-state index contributed by atoms with van der Waals surface area (Å²) >= 11 is 0. The standard InChI is InChI=1S/C32H38N4O2/c1-19-4-2-3-5-26(19)36-30(37)24-8-6-23(7-9-24)29-34-27-11-10-25(15-28(27)35-29)33-31(38)32-16-20-12-21(17-32)14-22(13-20)18-32/h6-11,15,19-22,26H,2-5,12-14,16-18H2,1H3,(H,33,38)(H,34,35)(H,36,37). The molecule has 1 heterocycles. The molecule has 38 heavy (non-hydrogen) atoms. The van der Waals surface area contributed by atoms with Crippen molar-refractivity contribution in [2.45, 2.75) is 77.2 Å². The van der Waals surface area contributed by atoms with E-state index >= 15 is 0 Å². The molecule has 5 aliphatic carbocycles. The summed E-state index contributed by atoms with van der Waals surface area (Å²) in [5.41, 5.74) is 4.03. The van der Waals surface area contributed by atoms with Crippen LogP contribution in [0, 0.1) is 29.1 Å². The molecule has 0 aliphatic heterocycles. The number of H-pyrrole nitrogens is 1. The van der Waals surface area contributed by atoms with Crippen LogP contribution in [0.25, 0.3) is 22.4 Å². The lowest BCUT2D eigenvalue weighted by atomic mass is 9.49. The Balaban J connectivity index is 1.05. The monoisotopic (exact) mass is 510 g/mol. The number of hydrogen-bond acceptors (Lipinski definition) is 3. The molecule has 6 nitrogen and oxygen atoms in total. The average Bonchev–Trinajstić information content (AvgIpc) is 3.33. The first-order chi connectivity index (χ1) is 18.4. The predicted octanol–water partition coefficient (Wildman–Crippen LogP) is 6.69. The Bertz CT molecular complexity index is 1340. The van der Waals surface area contributed by atoms with Gasteiger partial charge in [-0.05, 0) is 105 Å². The molecule has 0 radical (unpaired) electrons. The Hall–Kier alpha value is -3.15. The Morgan fingerprint density at radius 2 is 1.61 bits per heavy atom. The van der Waals surface area contributed by atoms with Gasteiger partial charge < -0.3 is 15.6 Å². The highest BCUT2D eigenvalue weighted by molar-refractivity contribution is 5.97. The number of imidazole rings is 1. The Morgan fingerprint density at radius 1 is 0.921 bits per heavy atom. The van der Waals surface area contributed by atoms with Gasteiger partial charge in [0.25, 0.3) is 5.91 Å². The highest BCUT2D eigenvalue weighted by Gasteiger charge is 2.54. The Kier molecular flexibility index (Phi) is 5.82. The molecule has 5 aliphatic rings. The van der Waals surface area contributed by atoms with E-state index in [-0.39, 0.29) is 23.3 Å². The molecule has 2 aromatic carbocycles. The first kappa shape index (κ1) is 23.9. The van der Waals surface area contributed by atoms with Gasteiger partial charge in [-0.3, -0.25) is 9.59 Å². The lowest BCUT2D eigenvalue weighted by Gasteiger charge is -2.55. The van der Waals surface area contributed by atoms with E-state index in [0.29, 0.717) is 11.5 Å². The maximum atomic E-state index is 13.5. The molecular weight excluding hydrogens is 472 g/mol. The van der Waals surface area contributed by atoms with Crippen LogP contribution in [0.2, 0.25) is 0 Å². The van der Waals surface area contributed by atoms with Crippen molar-refractivity contribution in [3.8, 4) is 11.4 Å². The van der Waals surface area contributed by atoms with Crippen molar-refractivity contribution in [1.29, 1.82) is 0 Å². The third kappa shape index (κ3) is 4.32. The molecule has 1 aromatic heterocycles. The molecule has 5 fully saturated rings. The van der Waals surface area contributed by atoms with Crippen molar-refractivity contribution < 1.29 is 9.59 Å². The fourth-order valence-electron chi connectivity index (χ4n) is 8.43. The molecule has 8 rings (SSSR count). The van der Waals surface area contributed by atoms with E-state index in [4.69, 9.17) is 4.98 Å². The Morgan fingerprint density at radius 3 is 2.29 bits per heavy atom. The van der Waals surface area contributed by atoms with Gasteiger partial charge in [-0.15, -0.1) is 0 Å². The number of nitrogens with zero attached hydrogens (tertiary/aromatic N) is 1. The van der Waals surface area contributed by atoms with Gasteiger partial charge in [0.2, 0.25) is 5.91 Å². The van der Waals surface area contributed by atoms with Crippen LogP contribution in [0.3, 0.4) is 0 Å². The third-order valence-corrected chi connectivity index (χ3v) is 10.1. The van der Waals surface area contributed by atoms with Crippen molar-refractivity contribution in [2.24, 2.45) is 29.1 Å². The smallest absolute Gasteiger partial charge is 0.251 e. The second-order valence-corrected chi connectivity index (χ2v) is 12.9. The SMILES string of the molecule is CC1CCCCC1NC(=O)c1ccc(-c2nc3cc(NC(=O)C45CC6CC(CC(C6)C4)C5)ccc3[nH]2)cc1. The van der Waals surface area contributed by atoms with E-state index in [9.17, 15) is 9.59 Å². The minimum atomic E-state index is -0.163. The van der Waals surface area contributed by atoms with Crippen LogP contribution >= 0.6 is 0 Å². The van der Waals surface area contributed by atoms with Gasteiger partial charge in [-0.25, -0.2) is 4.98 Å². The maximum absolute atomic E-state index is 13.5. The molecule has 5 saturated carbocycles. The van der Waals surface area contributed by atoms with E-state index in [1.807, 2.05) is 42.5 Å². The highest BCUT2D eigenvalue weighted by Crippen LogP contribution is 2.60. The van der Waals surface area contributed by atoms with Crippen LogP contribution in [0.4, 0.5) is 5.69 Å². The second kappa shape index (κ2) is 9.25. The molecule has 2 atom stereocenters. The number of carbonyl (C=O) groups excluding carboxylic acids is 2. The number of nitrogens with one attached hydrogen (secondary N) is 3. The van der Waals surface area contributed by atoms with E-state index < -0.39 is 0 Å². The third-order valence-electron chi connectivity index (χ3n) is 10.1. The van der Waals surface area contributed by atoms with Crippen molar-refractivity contribution in [1.82, 2.24) is 15.3 Å². The number of fused-ring (bicyclic) bond motifs is 1. The molecule has 6 heteroatoms. The summed E-state index contributed by atoms with van der Waals surface area (Å²) in [6, 6.07) is 13.9. The molecule has 198 valence electrons. The van der Waals surface area contributed by atoms with Gasteiger partial charge in [0.1, 0.15) is 5.82 Å². The summed E-state index contributed by atoms with van der Waals surface area (Å²) in [7, 11) is 0. The van der Waals surface area contributed by atoms with Crippen molar-refractivity contribution in [3.05, 3.63) is 48.0 Å². The normalized spacial score (nSPS) is 31.9. The molecule has 0 saturated heterocycles. The van der Waals surface area contributed by atoms with Crippen LogP contribution in [-0.4, -0.2) is 27.8 Å². The zero-order chi connectivity index (χ0) is 25.9. The Labute approximate surface area is 224 Å². The molecule has 3 aromatic rings. The number of anilines is 1. The van der Waals surface area contributed by atoms with Crippen LogP contribution in [0.5, 0.6) is 0 Å². The van der Waals surface area contributed by atoms with Gasteiger partial charge in [-0.1, -0.05) is 31.9 Å². The van der Waals surface area contributed by atoms with E-state index in [1.165, 1.54) is 38.5 Å². The van der Waals surface area contributed by atoms with Crippen LogP contribution < -0.4 is 10.6 Å². The number of carbonyl (C=O) groups is 2. The van der Waals surface area contributed by atoms with Crippen LogP contribution in [-0.2, 0) is 4.79 Å². The summed E-state index contributed by atoms with van der Waals surface area (Å²) in [5, 5.41) is 6.49. The topological polar surface area (TPSA) is 86.9 Å². The summed E-state index contributed by atoms with van der Waals surface area (Å²) in [4.78, 5) is 34.5. The number of hydrogen-bond donors (Lipinski definition) is 3. The van der Waals surface area contributed by atoms with Crippen molar-refractivity contribution >= 4 is 28.5 Å². The quantitative estimate of drug-likeness (QED) is 0.357. The van der Waals surface area contributed by atoms with Crippen molar-refractivity contribution in [3.63, 3.8) is 0 Å². The molecule has 0 spiro atoms. The minimum absolute atomic E-state index is 0.000637. The lowest BCUT2D eigenvalue weighted by molar-refractivity contribution is -0.140. The highest BCUT2D eigenvalue weighted by atomic mass is 16.2. The van der Waals surface area contributed by atoms with E-state index in [1.54, 1.807) is 0 Å². The van der Waals surface area contributed by atoms with Gasteiger partial charge in [0.15, 0.2) is 0 Å². The fraction of sp³-hybridized carbons (Fsp3) is 0.531. The average molecular weight is 511 g/mol. The zero-order valence-corrected chi connectivity index (χ0v) is 22.3. The first-order valence-corrected chi connectivity index (χ1v) is 14.7. The van der Waals surface area contributed by atoms with E-state index in [2.05, 4.69) is 22.5 Å². The maximum Gasteiger partial charge on any atom is 0.251 e. The summed E-state index contributed by atoms with van der Waals surface area (Å²) in [6.07, 6.45) is 11.9. The van der Waals surface area contributed by atoms with Gasteiger partial charge in [-0.2, -0.15) is 0 Å². The molecular formula is C32H38N4O2. The minimum Gasteiger partial charge on any atom is -0.349 e. The van der Waals surface area contributed by atoms with Crippen LogP contribution in [0.1, 0.15) is 81.5 Å². The number of benzene rings is 2. The fourth-order valence-corrected chi connectivity index (χ4v) is 8.43. The first-order valence-electron chi connectivity index (χ1n) is 14.7. The number of aromatic amines is 1. The van der Waals surface area contributed by atoms with Gasteiger partial charge in [0.05, 0.1) is 16.4 Å². The van der Waals surface area contributed by atoms with Gasteiger partial charge in [0, 0.05) is 22.9 Å². The number of amides is 2. The largest absolute Gasteiger partial charge is 0.349 e. The molecule has 2 amide bonds. The molecule has 3 N–H and O–H groups in total. The summed E-state index contributed by atoms with van der Waals surface area (Å²) in [5.74, 6) is 3.75. The van der Waals surface area contributed by atoms with E-state index in [0.717, 1.165) is 71.5 Å². The summed E-state index contributed by atoms with van der Waals surface area (Å²) < 4.78 is 0. The zero-order valence-electron chi connectivity index (χ0n) is 22.3. The predicted molar refractivity (Wildman–Crippen MR) is 150 cm³/mol. The number of rotatable bonds is 5. The van der Waals surface area contributed by atoms with Crippen molar-refractivity contribution in [2.75, 3.05) is 5.32 Å². The number of aromatic nitrogens is 2. The molecule has 4 bridgehead atoms. The summed E-state index contributed by atoms with van der Waals surface area (Å²) in [6.45, 7) is 2.23. The van der Waals surface area contributed by atoms with Gasteiger partial charge >= 0.3 is 0 Å². The molecule has 2 unspecified atom stereocenters. The second-order valence-electron chi connectivity index (χ2n) is 12.9.